The van der Waals surface area contributed by atoms with Gasteiger partial charge < -0.3 is 14.6 Å². The Labute approximate surface area is 173 Å². The first kappa shape index (κ1) is 19.4. The number of ether oxygens (including phenoxy) is 1. The molecule has 1 N–H and O–H groups in total. The number of hydrogen-bond donors (Lipinski definition) is 1. The van der Waals surface area contributed by atoms with Gasteiger partial charge in [0.05, 0.1) is 0 Å². The topological polar surface area (TPSA) is 56.2 Å². The van der Waals surface area contributed by atoms with Crippen LogP contribution in [0.4, 0.5) is 4.39 Å². The number of carbonyl (C=O) groups is 1. The van der Waals surface area contributed by atoms with E-state index in [-0.39, 0.29) is 11.7 Å². The molecule has 150 valence electrons. The molecule has 4 aromatic rings. The molecule has 6 heteroatoms. The molecule has 3 aromatic carbocycles. The highest BCUT2D eigenvalue weighted by atomic mass is 19.1. The number of para-hydroxylation sites is 1. The quantitative estimate of drug-likeness (QED) is 0.501. The van der Waals surface area contributed by atoms with E-state index in [4.69, 9.17) is 4.74 Å². The molecule has 0 radical (unpaired) electrons. The highest BCUT2D eigenvalue weighted by Gasteiger charge is 2.21. The van der Waals surface area contributed by atoms with Crippen LogP contribution in [0.1, 0.15) is 27.8 Å². The highest BCUT2D eigenvalue weighted by molar-refractivity contribution is 5.94. The zero-order chi connectivity index (χ0) is 20.9. The van der Waals surface area contributed by atoms with E-state index < -0.39 is 6.04 Å². The summed E-state index contributed by atoms with van der Waals surface area (Å²) in [7, 11) is 1.85. The van der Waals surface area contributed by atoms with Gasteiger partial charge in [-0.05, 0) is 54.1 Å². The summed E-state index contributed by atoms with van der Waals surface area (Å²) >= 11 is 0. The van der Waals surface area contributed by atoms with E-state index in [1.165, 1.54) is 12.1 Å². The molecular weight excluding hydrogens is 381 g/mol. The summed E-state index contributed by atoms with van der Waals surface area (Å²) in [4.78, 5) is 17.3. The summed E-state index contributed by atoms with van der Waals surface area (Å²) in [6, 6.07) is 21.8. The van der Waals surface area contributed by atoms with E-state index in [0.29, 0.717) is 17.1 Å². The summed E-state index contributed by atoms with van der Waals surface area (Å²) in [6.07, 6.45) is 3.46. The lowest BCUT2D eigenvalue weighted by Crippen LogP contribution is -2.31. The second-order valence-corrected chi connectivity index (χ2v) is 6.79. The first-order valence-electron chi connectivity index (χ1n) is 9.46. The van der Waals surface area contributed by atoms with Gasteiger partial charge in [-0.15, -0.1) is 0 Å². The van der Waals surface area contributed by atoms with Crippen molar-refractivity contribution in [3.8, 4) is 11.5 Å². The lowest BCUT2D eigenvalue weighted by atomic mass is 10.1. The Morgan fingerprint density at radius 2 is 1.63 bits per heavy atom. The Morgan fingerprint density at radius 1 is 0.967 bits per heavy atom. The van der Waals surface area contributed by atoms with Crippen LogP contribution >= 0.6 is 0 Å². The number of aromatic nitrogens is 2. The molecule has 5 nitrogen and oxygen atoms in total. The van der Waals surface area contributed by atoms with E-state index in [1.54, 1.807) is 48.8 Å². The number of benzene rings is 3. The Hall–Kier alpha value is -3.93. The molecular formula is C24H20FN3O2. The van der Waals surface area contributed by atoms with Gasteiger partial charge in [0, 0.05) is 25.0 Å². The number of halogens is 1. The third-order valence-corrected chi connectivity index (χ3v) is 4.69. The van der Waals surface area contributed by atoms with Crippen molar-refractivity contribution in [2.24, 2.45) is 7.05 Å². The molecule has 0 saturated heterocycles. The number of nitrogens with one attached hydrogen (secondary N) is 1. The fourth-order valence-corrected chi connectivity index (χ4v) is 3.12. The maximum absolute atomic E-state index is 13.4. The smallest absolute Gasteiger partial charge is 0.252 e. The number of hydrogen-bond acceptors (Lipinski definition) is 3. The van der Waals surface area contributed by atoms with Gasteiger partial charge in [-0.2, -0.15) is 0 Å². The van der Waals surface area contributed by atoms with E-state index in [0.717, 1.165) is 11.3 Å². The number of imidazole rings is 1. The molecule has 1 aromatic heterocycles. The number of nitrogens with zero attached hydrogens (tertiary/aromatic N) is 2. The van der Waals surface area contributed by atoms with Gasteiger partial charge in [0.1, 0.15) is 29.2 Å². The van der Waals surface area contributed by atoms with Crippen molar-refractivity contribution in [3.63, 3.8) is 0 Å². The van der Waals surface area contributed by atoms with Crippen LogP contribution in [0.5, 0.6) is 11.5 Å². The highest BCUT2D eigenvalue weighted by Crippen LogP contribution is 2.23. The Balaban J connectivity index is 1.54. The Kier molecular flexibility index (Phi) is 5.57. The second kappa shape index (κ2) is 8.61. The van der Waals surface area contributed by atoms with E-state index in [1.807, 2.05) is 41.9 Å². The van der Waals surface area contributed by atoms with Crippen molar-refractivity contribution in [3.05, 3.63) is 114 Å². The molecule has 1 amide bonds. The van der Waals surface area contributed by atoms with Gasteiger partial charge in [0.15, 0.2) is 0 Å². The molecule has 0 aliphatic rings. The third kappa shape index (κ3) is 4.38. The van der Waals surface area contributed by atoms with Crippen molar-refractivity contribution >= 4 is 5.91 Å². The van der Waals surface area contributed by atoms with Crippen LogP contribution in [-0.4, -0.2) is 15.5 Å². The van der Waals surface area contributed by atoms with E-state index in [9.17, 15) is 9.18 Å². The Morgan fingerprint density at radius 3 is 2.27 bits per heavy atom. The minimum Gasteiger partial charge on any atom is -0.457 e. The SMILES string of the molecule is Cn1ccnc1C(NC(=O)c1ccc(Oc2ccccc2)cc1)c1ccc(F)cc1. The van der Waals surface area contributed by atoms with Gasteiger partial charge in [-0.3, -0.25) is 4.79 Å². The zero-order valence-corrected chi connectivity index (χ0v) is 16.3. The predicted molar refractivity (Wildman–Crippen MR) is 112 cm³/mol. The van der Waals surface area contributed by atoms with Gasteiger partial charge >= 0.3 is 0 Å². The van der Waals surface area contributed by atoms with E-state index >= 15 is 0 Å². The van der Waals surface area contributed by atoms with Crippen molar-refractivity contribution in [2.45, 2.75) is 6.04 Å². The van der Waals surface area contributed by atoms with Crippen LogP contribution in [0.25, 0.3) is 0 Å². The molecule has 0 saturated carbocycles. The predicted octanol–water partition coefficient (Wildman–Crippen LogP) is 4.87. The minimum atomic E-state index is -0.515. The van der Waals surface area contributed by atoms with Crippen LogP contribution in [0, 0.1) is 5.82 Å². The molecule has 0 bridgehead atoms. The average Bonchev–Trinajstić information content (AvgIpc) is 3.19. The number of aryl methyl sites for hydroxylation is 1. The van der Waals surface area contributed by atoms with Crippen molar-refractivity contribution in [2.75, 3.05) is 0 Å². The molecule has 1 unspecified atom stereocenters. The molecule has 0 spiro atoms. The largest absolute Gasteiger partial charge is 0.457 e. The molecule has 0 aliphatic carbocycles. The van der Waals surface area contributed by atoms with Crippen LogP contribution in [-0.2, 0) is 7.05 Å². The third-order valence-electron chi connectivity index (χ3n) is 4.69. The van der Waals surface area contributed by atoms with Gasteiger partial charge in [0.2, 0.25) is 0 Å². The molecule has 4 rings (SSSR count). The zero-order valence-electron chi connectivity index (χ0n) is 16.3. The normalized spacial score (nSPS) is 11.7. The molecule has 1 atom stereocenters. The number of carbonyl (C=O) groups excluding carboxylic acids is 1. The first-order valence-corrected chi connectivity index (χ1v) is 9.46. The van der Waals surface area contributed by atoms with Crippen LogP contribution < -0.4 is 10.1 Å². The minimum absolute atomic E-state index is 0.265. The summed E-state index contributed by atoms with van der Waals surface area (Å²) in [6.45, 7) is 0. The van der Waals surface area contributed by atoms with Crippen molar-refractivity contribution in [1.29, 1.82) is 0 Å². The number of amides is 1. The van der Waals surface area contributed by atoms with Crippen molar-refractivity contribution < 1.29 is 13.9 Å². The fourth-order valence-electron chi connectivity index (χ4n) is 3.12. The first-order chi connectivity index (χ1) is 14.6. The second-order valence-electron chi connectivity index (χ2n) is 6.79. The average molecular weight is 401 g/mol. The van der Waals surface area contributed by atoms with E-state index in [2.05, 4.69) is 10.3 Å². The lowest BCUT2D eigenvalue weighted by Gasteiger charge is -2.19. The van der Waals surface area contributed by atoms with Crippen LogP contribution in [0.15, 0.2) is 91.3 Å². The molecule has 0 fully saturated rings. The summed E-state index contributed by atoms with van der Waals surface area (Å²) in [5, 5.41) is 3.00. The van der Waals surface area contributed by atoms with Gasteiger partial charge in [0.25, 0.3) is 5.91 Å². The Bertz CT molecular complexity index is 1120. The van der Waals surface area contributed by atoms with Crippen LogP contribution in [0.2, 0.25) is 0 Å². The lowest BCUT2D eigenvalue weighted by molar-refractivity contribution is 0.0941. The fraction of sp³-hybridized carbons (Fsp3) is 0.0833. The van der Waals surface area contributed by atoms with Gasteiger partial charge in [-0.25, -0.2) is 9.37 Å². The molecule has 1 heterocycles. The summed E-state index contributed by atoms with van der Waals surface area (Å²) < 4.78 is 21.0. The summed E-state index contributed by atoms with van der Waals surface area (Å²) in [5.41, 5.74) is 1.22. The van der Waals surface area contributed by atoms with Crippen LogP contribution in [0.3, 0.4) is 0 Å². The maximum atomic E-state index is 13.4. The van der Waals surface area contributed by atoms with Gasteiger partial charge in [-0.1, -0.05) is 30.3 Å². The standard InChI is InChI=1S/C24H20FN3O2/c1-28-16-15-26-23(28)22(17-7-11-19(25)12-8-17)27-24(29)18-9-13-21(14-10-18)30-20-5-3-2-4-6-20/h2-16,22H,1H3,(H,27,29). The van der Waals surface area contributed by atoms with Crippen molar-refractivity contribution in [1.82, 2.24) is 14.9 Å². The summed E-state index contributed by atoms with van der Waals surface area (Å²) in [5.74, 6) is 1.41. The maximum Gasteiger partial charge on any atom is 0.252 e. The molecule has 0 aliphatic heterocycles. The number of rotatable bonds is 6. The monoisotopic (exact) mass is 401 g/mol. The molecule has 30 heavy (non-hydrogen) atoms.